The zero-order valence-corrected chi connectivity index (χ0v) is 21.2. The summed E-state index contributed by atoms with van der Waals surface area (Å²) in [6.07, 6.45) is 5.15. The van der Waals surface area contributed by atoms with E-state index in [2.05, 4.69) is 18.3 Å². The number of fused-ring (bicyclic) bond motifs is 1. The first kappa shape index (κ1) is 26.1. The minimum atomic E-state index is -4.73. The predicted molar refractivity (Wildman–Crippen MR) is 137 cm³/mol. The molecule has 0 aliphatic carbocycles. The average molecular weight is 530 g/mol. The Balaban J connectivity index is 1.58. The summed E-state index contributed by atoms with van der Waals surface area (Å²) in [7, 11) is -9.35. The van der Waals surface area contributed by atoms with Crippen molar-refractivity contribution < 1.29 is 30.7 Å². The lowest BCUT2D eigenvalue weighted by molar-refractivity contribution is 0.305. The van der Waals surface area contributed by atoms with Crippen molar-refractivity contribution in [2.45, 2.75) is 42.1 Å². The first-order valence-electron chi connectivity index (χ1n) is 11.4. The van der Waals surface area contributed by atoms with Crippen molar-refractivity contribution in [3.63, 3.8) is 0 Å². The van der Waals surface area contributed by atoms with E-state index < -0.39 is 30.0 Å². The summed E-state index contributed by atoms with van der Waals surface area (Å²) < 4.78 is 71.0. The Morgan fingerprint density at radius 1 is 0.972 bits per heavy atom. The molecule has 0 fully saturated rings. The van der Waals surface area contributed by atoms with Gasteiger partial charge in [-0.2, -0.15) is 16.8 Å². The van der Waals surface area contributed by atoms with Crippen LogP contribution in [0.1, 0.15) is 53.6 Å². The SMILES string of the molecule is CCCCOc1cccc2c1C(c1ccc(C=Cc3ccc(S(=O)(=O)O)cc3S(=O)(=O)O)cc1)NC2. The number of hydrogen-bond acceptors (Lipinski definition) is 6. The Hall–Kier alpha value is -3.02. The third kappa shape index (κ3) is 5.85. The van der Waals surface area contributed by atoms with Gasteiger partial charge in [-0.3, -0.25) is 9.11 Å². The molecule has 0 bridgehead atoms. The maximum Gasteiger partial charge on any atom is 0.295 e. The van der Waals surface area contributed by atoms with Crippen LogP contribution in [0.5, 0.6) is 5.75 Å². The minimum Gasteiger partial charge on any atom is -0.493 e. The van der Waals surface area contributed by atoms with Crippen molar-refractivity contribution in [3.8, 4) is 5.75 Å². The highest BCUT2D eigenvalue weighted by Crippen LogP contribution is 2.38. The lowest BCUT2D eigenvalue weighted by Crippen LogP contribution is -2.14. The van der Waals surface area contributed by atoms with Crippen LogP contribution in [0.4, 0.5) is 0 Å². The summed E-state index contributed by atoms with van der Waals surface area (Å²) in [6.45, 7) is 3.53. The average Bonchev–Trinajstić information content (AvgIpc) is 3.27. The minimum absolute atomic E-state index is 0.0186. The Morgan fingerprint density at radius 2 is 1.72 bits per heavy atom. The Labute approximate surface area is 211 Å². The molecule has 1 aliphatic heterocycles. The van der Waals surface area contributed by atoms with E-state index in [0.717, 1.165) is 54.0 Å². The molecule has 0 saturated heterocycles. The molecule has 10 heteroatoms. The second kappa shape index (κ2) is 10.5. The van der Waals surface area contributed by atoms with Crippen LogP contribution in [0.2, 0.25) is 0 Å². The van der Waals surface area contributed by atoms with Crippen LogP contribution >= 0.6 is 0 Å². The van der Waals surface area contributed by atoms with E-state index in [4.69, 9.17) is 4.74 Å². The number of hydrogen-bond donors (Lipinski definition) is 3. The first-order valence-corrected chi connectivity index (χ1v) is 14.3. The van der Waals surface area contributed by atoms with Gasteiger partial charge in [0.15, 0.2) is 0 Å². The molecule has 3 aromatic rings. The highest BCUT2D eigenvalue weighted by atomic mass is 32.2. The monoisotopic (exact) mass is 529 g/mol. The van der Waals surface area contributed by atoms with Gasteiger partial charge in [-0.05, 0) is 46.9 Å². The number of rotatable bonds is 9. The number of ether oxygens (including phenoxy) is 1. The van der Waals surface area contributed by atoms with Gasteiger partial charge >= 0.3 is 0 Å². The third-order valence-electron chi connectivity index (χ3n) is 5.98. The zero-order valence-electron chi connectivity index (χ0n) is 19.6. The van der Waals surface area contributed by atoms with Crippen molar-refractivity contribution in [1.29, 1.82) is 0 Å². The molecular weight excluding hydrogens is 502 g/mol. The molecule has 1 atom stereocenters. The van der Waals surface area contributed by atoms with Crippen LogP contribution < -0.4 is 10.1 Å². The maximum atomic E-state index is 11.8. The van der Waals surface area contributed by atoms with E-state index in [1.54, 1.807) is 6.08 Å². The number of unbranched alkanes of at least 4 members (excludes halogenated alkanes) is 1. The van der Waals surface area contributed by atoms with Gasteiger partial charge in [0.25, 0.3) is 20.2 Å². The summed E-state index contributed by atoms with van der Waals surface area (Å²) in [4.78, 5) is -1.24. The summed E-state index contributed by atoms with van der Waals surface area (Å²) in [5, 5.41) is 3.53. The van der Waals surface area contributed by atoms with E-state index in [-0.39, 0.29) is 11.6 Å². The molecule has 0 aromatic heterocycles. The van der Waals surface area contributed by atoms with Crippen molar-refractivity contribution in [1.82, 2.24) is 5.32 Å². The third-order valence-corrected chi connectivity index (χ3v) is 7.74. The molecule has 1 unspecified atom stereocenters. The molecule has 1 aliphatic rings. The maximum absolute atomic E-state index is 11.8. The van der Waals surface area contributed by atoms with Gasteiger partial charge in [0.05, 0.1) is 17.5 Å². The molecule has 8 nitrogen and oxygen atoms in total. The molecule has 190 valence electrons. The predicted octanol–water partition coefficient (Wildman–Crippen LogP) is 4.72. The molecule has 0 amide bonds. The second-order valence-electron chi connectivity index (χ2n) is 8.49. The Morgan fingerprint density at radius 3 is 2.39 bits per heavy atom. The van der Waals surface area contributed by atoms with Crippen LogP contribution in [0, 0.1) is 0 Å². The summed E-state index contributed by atoms with van der Waals surface area (Å²) in [5.74, 6) is 0.881. The fourth-order valence-electron chi connectivity index (χ4n) is 4.14. The Kier molecular flexibility index (Phi) is 7.62. The molecule has 0 saturated carbocycles. The molecule has 3 aromatic carbocycles. The lowest BCUT2D eigenvalue weighted by Gasteiger charge is -2.17. The van der Waals surface area contributed by atoms with E-state index in [0.29, 0.717) is 6.61 Å². The fourth-order valence-corrected chi connectivity index (χ4v) is 5.44. The smallest absolute Gasteiger partial charge is 0.295 e. The van der Waals surface area contributed by atoms with Gasteiger partial charge in [0.2, 0.25) is 0 Å². The van der Waals surface area contributed by atoms with Gasteiger partial charge in [0.1, 0.15) is 10.6 Å². The van der Waals surface area contributed by atoms with Gasteiger partial charge < -0.3 is 10.1 Å². The van der Waals surface area contributed by atoms with Crippen molar-refractivity contribution in [3.05, 3.63) is 88.5 Å². The normalized spacial score (nSPS) is 15.8. The molecular formula is C26H27NO7S2. The fraction of sp³-hybridized carbons (Fsp3) is 0.231. The zero-order chi connectivity index (χ0) is 25.9. The molecule has 1 heterocycles. The van der Waals surface area contributed by atoms with E-state index >= 15 is 0 Å². The quantitative estimate of drug-likeness (QED) is 0.206. The first-order chi connectivity index (χ1) is 17.1. The van der Waals surface area contributed by atoms with E-state index in [1.165, 1.54) is 17.7 Å². The molecule has 0 radical (unpaired) electrons. The second-order valence-corrected chi connectivity index (χ2v) is 11.3. The topological polar surface area (TPSA) is 130 Å². The standard InChI is InChI=1S/C26H27NO7S2/c1-2-3-15-34-23-6-4-5-21-17-27-26(25(21)23)20-11-8-18(9-12-20)7-10-19-13-14-22(35(28,29)30)16-24(19)36(31,32)33/h4-14,16,26-27H,2-3,15,17H2,1H3,(H,28,29,30)(H,31,32,33). The van der Waals surface area contributed by atoms with Crippen molar-refractivity contribution >= 4 is 32.4 Å². The molecule has 0 spiro atoms. The van der Waals surface area contributed by atoms with Crippen LogP contribution in [0.25, 0.3) is 12.2 Å². The van der Waals surface area contributed by atoms with Crippen molar-refractivity contribution in [2.75, 3.05) is 6.61 Å². The Bertz CT molecular complexity index is 1500. The largest absolute Gasteiger partial charge is 0.493 e. The van der Waals surface area contributed by atoms with Gasteiger partial charge in [0, 0.05) is 12.1 Å². The molecule has 36 heavy (non-hydrogen) atoms. The van der Waals surface area contributed by atoms with Crippen LogP contribution in [-0.2, 0) is 26.8 Å². The van der Waals surface area contributed by atoms with E-state index in [1.807, 2.05) is 36.4 Å². The van der Waals surface area contributed by atoms with Gasteiger partial charge in [-0.15, -0.1) is 0 Å². The number of nitrogens with one attached hydrogen (secondary N) is 1. The number of benzene rings is 3. The highest BCUT2D eigenvalue weighted by molar-refractivity contribution is 7.86. The lowest BCUT2D eigenvalue weighted by atomic mass is 9.96. The highest BCUT2D eigenvalue weighted by Gasteiger charge is 2.27. The van der Waals surface area contributed by atoms with Crippen molar-refractivity contribution in [2.24, 2.45) is 0 Å². The van der Waals surface area contributed by atoms with Gasteiger partial charge in [-0.1, -0.05) is 68.0 Å². The van der Waals surface area contributed by atoms with E-state index in [9.17, 15) is 25.9 Å². The molecule has 4 rings (SSSR count). The van der Waals surface area contributed by atoms with Crippen LogP contribution in [0.3, 0.4) is 0 Å². The molecule has 3 N–H and O–H groups in total. The van der Waals surface area contributed by atoms with Crippen LogP contribution in [0.15, 0.2) is 70.5 Å². The van der Waals surface area contributed by atoms with Crippen LogP contribution in [-0.4, -0.2) is 32.5 Å². The summed E-state index contributed by atoms with van der Waals surface area (Å²) in [5.41, 5.74) is 4.23. The van der Waals surface area contributed by atoms with Gasteiger partial charge in [-0.25, -0.2) is 0 Å². The summed E-state index contributed by atoms with van der Waals surface area (Å²) in [6, 6.07) is 16.8. The summed E-state index contributed by atoms with van der Waals surface area (Å²) >= 11 is 0.